The van der Waals surface area contributed by atoms with Gasteiger partial charge in [0.1, 0.15) is 0 Å². The molecule has 2 heteroatoms. The quantitative estimate of drug-likeness (QED) is 0.623. The summed E-state index contributed by atoms with van der Waals surface area (Å²) in [5, 5.41) is 3.53. The molecule has 2 nitrogen and oxygen atoms in total. The largest absolute Gasteiger partial charge is 0.373 e. The van der Waals surface area contributed by atoms with Gasteiger partial charge in [0.25, 0.3) is 0 Å². The Balaban J connectivity index is 1.46. The molecule has 1 N–H and O–H groups in total. The van der Waals surface area contributed by atoms with Crippen LogP contribution in [-0.4, -0.2) is 19.2 Å². The minimum atomic E-state index is 0.262. The van der Waals surface area contributed by atoms with Gasteiger partial charge in [-0.1, -0.05) is 36.4 Å². The first-order valence-electron chi connectivity index (χ1n) is 7.51. The van der Waals surface area contributed by atoms with Gasteiger partial charge in [0.15, 0.2) is 0 Å². The lowest BCUT2D eigenvalue weighted by molar-refractivity contribution is 0.0445. The van der Waals surface area contributed by atoms with Gasteiger partial charge in [0.2, 0.25) is 0 Å². The highest BCUT2D eigenvalue weighted by molar-refractivity contribution is 5.31. The Hall–Kier alpha value is -1.12. The van der Waals surface area contributed by atoms with Crippen molar-refractivity contribution in [3.05, 3.63) is 47.5 Å². The van der Waals surface area contributed by atoms with Crippen LogP contribution >= 0.6 is 0 Å². The fraction of sp³-hybridized carbons (Fsp3) is 0.529. The molecule has 0 bridgehead atoms. The summed E-state index contributed by atoms with van der Waals surface area (Å²) in [5.41, 5.74) is 2.84. The van der Waals surface area contributed by atoms with Crippen molar-refractivity contribution >= 4 is 0 Å². The molecule has 1 aliphatic carbocycles. The Morgan fingerprint density at radius 3 is 3.00 bits per heavy atom. The van der Waals surface area contributed by atoms with Crippen LogP contribution in [0.3, 0.4) is 0 Å². The second-order valence-corrected chi connectivity index (χ2v) is 5.53. The fourth-order valence-corrected chi connectivity index (χ4v) is 2.67. The molecule has 1 aliphatic heterocycles. The van der Waals surface area contributed by atoms with Crippen molar-refractivity contribution in [2.75, 3.05) is 13.2 Å². The van der Waals surface area contributed by atoms with E-state index in [1.165, 1.54) is 24.0 Å². The lowest BCUT2D eigenvalue weighted by Gasteiger charge is -2.25. The van der Waals surface area contributed by atoms with E-state index < -0.39 is 0 Å². The molecule has 1 saturated carbocycles. The molecule has 3 rings (SSSR count). The van der Waals surface area contributed by atoms with Gasteiger partial charge in [0.05, 0.1) is 12.7 Å². The van der Waals surface area contributed by atoms with E-state index in [-0.39, 0.29) is 6.10 Å². The number of fused-ring (bicyclic) bond motifs is 1. The number of ether oxygens (including phenoxy) is 1. The van der Waals surface area contributed by atoms with Crippen molar-refractivity contribution in [1.29, 1.82) is 0 Å². The molecule has 19 heavy (non-hydrogen) atoms. The van der Waals surface area contributed by atoms with Gasteiger partial charge in [-0.25, -0.2) is 0 Å². The van der Waals surface area contributed by atoms with Crippen molar-refractivity contribution in [2.45, 2.75) is 44.2 Å². The second kappa shape index (κ2) is 6.36. The van der Waals surface area contributed by atoms with E-state index in [1.54, 1.807) is 0 Å². The molecular formula is C17H23NO. The van der Waals surface area contributed by atoms with E-state index in [9.17, 15) is 0 Å². The first-order valence-corrected chi connectivity index (χ1v) is 7.51. The number of hydrogen-bond donors (Lipinski definition) is 1. The molecule has 1 unspecified atom stereocenters. The van der Waals surface area contributed by atoms with Crippen LogP contribution in [0.4, 0.5) is 0 Å². The SMILES string of the molecule is C(=CCC1OCCc2ccccc21)CCNC1CC1. The minimum absolute atomic E-state index is 0.262. The van der Waals surface area contributed by atoms with Crippen LogP contribution < -0.4 is 5.32 Å². The van der Waals surface area contributed by atoms with Gasteiger partial charge < -0.3 is 10.1 Å². The van der Waals surface area contributed by atoms with Gasteiger partial charge in [-0.2, -0.15) is 0 Å². The summed E-state index contributed by atoms with van der Waals surface area (Å²) in [4.78, 5) is 0. The molecule has 2 aliphatic rings. The molecule has 0 saturated heterocycles. The maximum Gasteiger partial charge on any atom is 0.0862 e. The van der Waals surface area contributed by atoms with E-state index in [0.717, 1.165) is 38.5 Å². The first kappa shape index (κ1) is 12.9. The Bertz CT molecular complexity index is 437. The van der Waals surface area contributed by atoms with E-state index in [2.05, 4.69) is 41.7 Å². The summed E-state index contributed by atoms with van der Waals surface area (Å²) in [6, 6.07) is 9.50. The lowest BCUT2D eigenvalue weighted by Crippen LogP contribution is -2.17. The molecule has 0 amide bonds. The summed E-state index contributed by atoms with van der Waals surface area (Å²) in [5.74, 6) is 0. The summed E-state index contributed by atoms with van der Waals surface area (Å²) in [6.07, 6.45) is 10.8. The smallest absolute Gasteiger partial charge is 0.0862 e. The maximum absolute atomic E-state index is 5.89. The highest BCUT2D eigenvalue weighted by Gasteiger charge is 2.20. The Morgan fingerprint density at radius 1 is 1.21 bits per heavy atom. The normalized spacial score (nSPS) is 22.6. The van der Waals surface area contributed by atoms with Crippen LogP contribution in [0.2, 0.25) is 0 Å². The zero-order valence-corrected chi connectivity index (χ0v) is 11.5. The molecule has 0 radical (unpaired) electrons. The maximum atomic E-state index is 5.89. The fourth-order valence-electron chi connectivity index (χ4n) is 2.67. The molecule has 1 heterocycles. The van der Waals surface area contributed by atoms with Crippen LogP contribution in [0, 0.1) is 0 Å². The first-order chi connectivity index (χ1) is 9.43. The average Bonchev–Trinajstić information content (AvgIpc) is 3.27. The Morgan fingerprint density at radius 2 is 2.11 bits per heavy atom. The van der Waals surface area contributed by atoms with E-state index in [4.69, 9.17) is 4.74 Å². The van der Waals surface area contributed by atoms with E-state index >= 15 is 0 Å². The molecule has 1 atom stereocenters. The molecule has 1 fully saturated rings. The van der Waals surface area contributed by atoms with Gasteiger partial charge in [-0.15, -0.1) is 0 Å². The Kier molecular flexibility index (Phi) is 4.31. The average molecular weight is 257 g/mol. The van der Waals surface area contributed by atoms with Gasteiger partial charge in [-0.05, 0) is 49.8 Å². The van der Waals surface area contributed by atoms with Crippen LogP contribution in [0.5, 0.6) is 0 Å². The summed E-state index contributed by atoms with van der Waals surface area (Å²) >= 11 is 0. The van der Waals surface area contributed by atoms with Crippen LogP contribution in [0.15, 0.2) is 36.4 Å². The third kappa shape index (κ3) is 3.68. The minimum Gasteiger partial charge on any atom is -0.373 e. The molecule has 1 aromatic carbocycles. The van der Waals surface area contributed by atoms with Crippen molar-refractivity contribution in [3.8, 4) is 0 Å². The second-order valence-electron chi connectivity index (χ2n) is 5.53. The zero-order chi connectivity index (χ0) is 12.9. The highest BCUT2D eigenvalue weighted by Crippen LogP contribution is 2.29. The summed E-state index contributed by atoms with van der Waals surface area (Å²) in [7, 11) is 0. The van der Waals surface area contributed by atoms with Crippen molar-refractivity contribution < 1.29 is 4.74 Å². The van der Waals surface area contributed by atoms with Crippen molar-refractivity contribution in [3.63, 3.8) is 0 Å². The van der Waals surface area contributed by atoms with E-state index in [1.807, 2.05) is 0 Å². The standard InChI is InChI=1S/C17H23NO/c1(5-12-18-15-9-10-15)2-8-17-16-7-4-3-6-14(16)11-13-19-17/h1-4,6-7,15,17-18H,5,8-13H2. The molecule has 0 spiro atoms. The van der Waals surface area contributed by atoms with Gasteiger partial charge in [0, 0.05) is 6.04 Å². The van der Waals surface area contributed by atoms with Crippen molar-refractivity contribution in [1.82, 2.24) is 5.32 Å². The third-order valence-electron chi connectivity index (χ3n) is 3.93. The van der Waals surface area contributed by atoms with Gasteiger partial charge >= 0.3 is 0 Å². The molecule has 102 valence electrons. The number of hydrogen-bond acceptors (Lipinski definition) is 2. The molecule has 0 aromatic heterocycles. The highest BCUT2D eigenvalue weighted by atomic mass is 16.5. The predicted molar refractivity (Wildman–Crippen MR) is 78.2 cm³/mol. The monoisotopic (exact) mass is 257 g/mol. The molecule has 1 aromatic rings. The third-order valence-corrected chi connectivity index (χ3v) is 3.93. The van der Waals surface area contributed by atoms with Crippen LogP contribution in [0.1, 0.15) is 42.9 Å². The lowest BCUT2D eigenvalue weighted by atomic mass is 9.96. The van der Waals surface area contributed by atoms with Crippen molar-refractivity contribution in [2.24, 2.45) is 0 Å². The van der Waals surface area contributed by atoms with E-state index in [0.29, 0.717) is 0 Å². The summed E-state index contributed by atoms with van der Waals surface area (Å²) in [6.45, 7) is 1.97. The summed E-state index contributed by atoms with van der Waals surface area (Å²) < 4.78 is 5.89. The Labute approximate surface area is 115 Å². The number of rotatable bonds is 6. The zero-order valence-electron chi connectivity index (χ0n) is 11.5. The van der Waals surface area contributed by atoms with Crippen LogP contribution in [0.25, 0.3) is 0 Å². The van der Waals surface area contributed by atoms with Gasteiger partial charge in [-0.3, -0.25) is 0 Å². The predicted octanol–water partition coefficient (Wildman–Crippen LogP) is 3.39. The molecular weight excluding hydrogens is 234 g/mol. The number of benzene rings is 1. The van der Waals surface area contributed by atoms with Crippen LogP contribution in [-0.2, 0) is 11.2 Å². The topological polar surface area (TPSA) is 21.3 Å². The number of nitrogens with one attached hydrogen (secondary N) is 1.